The Morgan fingerprint density at radius 3 is 3.05 bits per heavy atom. The third-order valence-corrected chi connectivity index (χ3v) is 3.03. The van der Waals surface area contributed by atoms with E-state index in [1.165, 1.54) is 5.56 Å². The number of aryl methyl sites for hydroxylation is 1. The van der Waals surface area contributed by atoms with Crippen LogP contribution < -0.4 is 5.73 Å². The van der Waals surface area contributed by atoms with E-state index in [0.29, 0.717) is 36.9 Å². The van der Waals surface area contributed by atoms with Crippen molar-refractivity contribution in [2.75, 3.05) is 6.54 Å². The van der Waals surface area contributed by atoms with Crippen molar-refractivity contribution in [3.05, 3.63) is 47.4 Å². The molecule has 3 rings (SSSR count). The van der Waals surface area contributed by atoms with Crippen LogP contribution >= 0.6 is 0 Å². The van der Waals surface area contributed by atoms with Gasteiger partial charge in [-0.25, -0.2) is 0 Å². The van der Waals surface area contributed by atoms with Crippen LogP contribution in [0, 0.1) is 6.92 Å². The van der Waals surface area contributed by atoms with Crippen LogP contribution in [0.4, 0.5) is 0 Å². The highest BCUT2D eigenvalue weighted by molar-refractivity contribution is 5.43. The number of rotatable bonds is 5. The topological polar surface area (TPSA) is 95.7 Å². The quantitative estimate of drug-likeness (QED) is 0.756. The summed E-state index contributed by atoms with van der Waals surface area (Å²) >= 11 is 0. The van der Waals surface area contributed by atoms with Crippen LogP contribution in [0.2, 0.25) is 0 Å². The summed E-state index contributed by atoms with van der Waals surface area (Å²) < 4.78 is 6.89. The summed E-state index contributed by atoms with van der Waals surface area (Å²) in [6.45, 7) is 3.17. The van der Waals surface area contributed by atoms with Crippen molar-refractivity contribution < 1.29 is 4.52 Å². The third-order valence-electron chi connectivity index (χ3n) is 3.03. The summed E-state index contributed by atoms with van der Waals surface area (Å²) in [7, 11) is 0. The molecule has 0 saturated carbocycles. The minimum Gasteiger partial charge on any atom is -0.332 e. The number of nitrogens with two attached hydrogens (primary N) is 1. The van der Waals surface area contributed by atoms with E-state index >= 15 is 0 Å². The van der Waals surface area contributed by atoms with Crippen LogP contribution in [-0.4, -0.2) is 31.7 Å². The fourth-order valence-electron chi connectivity index (χ4n) is 2.07. The van der Waals surface area contributed by atoms with Crippen LogP contribution in [0.1, 0.15) is 17.0 Å². The van der Waals surface area contributed by atoms with E-state index in [1.807, 2.05) is 12.1 Å². The van der Waals surface area contributed by atoms with Gasteiger partial charge in [0.25, 0.3) is 5.89 Å². The van der Waals surface area contributed by atoms with Crippen LogP contribution in [0.15, 0.2) is 35.0 Å². The largest absolute Gasteiger partial charge is 0.332 e. The van der Waals surface area contributed by atoms with Crippen molar-refractivity contribution in [2.45, 2.75) is 19.9 Å². The van der Waals surface area contributed by atoms with Gasteiger partial charge < -0.3 is 10.3 Å². The molecule has 0 amide bonds. The molecule has 21 heavy (non-hydrogen) atoms. The lowest BCUT2D eigenvalue weighted by Gasteiger charge is -1.97. The molecule has 0 atom stereocenters. The molecular weight excluding hydrogens is 268 g/mol. The Hall–Kier alpha value is -2.54. The summed E-state index contributed by atoms with van der Waals surface area (Å²) in [6, 6.07) is 8.22. The van der Waals surface area contributed by atoms with Gasteiger partial charge in [-0.3, -0.25) is 4.68 Å². The van der Waals surface area contributed by atoms with Crippen LogP contribution in [0.25, 0.3) is 11.6 Å². The van der Waals surface area contributed by atoms with Crippen molar-refractivity contribution in [3.8, 4) is 11.6 Å². The van der Waals surface area contributed by atoms with Gasteiger partial charge in [-0.2, -0.15) is 4.98 Å². The van der Waals surface area contributed by atoms with E-state index in [4.69, 9.17) is 10.3 Å². The maximum atomic E-state index is 5.47. The fourth-order valence-corrected chi connectivity index (χ4v) is 2.07. The Balaban J connectivity index is 1.76. The van der Waals surface area contributed by atoms with Crippen molar-refractivity contribution in [2.24, 2.45) is 5.73 Å². The van der Waals surface area contributed by atoms with Crippen LogP contribution in [-0.2, 0) is 13.0 Å². The zero-order valence-corrected chi connectivity index (χ0v) is 11.7. The molecule has 7 nitrogen and oxygen atoms in total. The molecule has 2 heterocycles. The van der Waals surface area contributed by atoms with Gasteiger partial charge in [0.05, 0.1) is 12.7 Å². The predicted molar refractivity (Wildman–Crippen MR) is 76.4 cm³/mol. The lowest BCUT2D eigenvalue weighted by molar-refractivity contribution is 0.422. The van der Waals surface area contributed by atoms with Gasteiger partial charge in [-0.15, -0.1) is 5.10 Å². The zero-order chi connectivity index (χ0) is 14.7. The van der Waals surface area contributed by atoms with Gasteiger partial charge in [-0.05, 0) is 12.5 Å². The van der Waals surface area contributed by atoms with Gasteiger partial charge in [0.2, 0.25) is 0 Å². The molecule has 0 fully saturated rings. The first-order valence-electron chi connectivity index (χ1n) is 6.73. The van der Waals surface area contributed by atoms with Crippen LogP contribution in [0.3, 0.4) is 0 Å². The first-order valence-corrected chi connectivity index (χ1v) is 6.73. The second kappa shape index (κ2) is 5.84. The second-order valence-electron chi connectivity index (χ2n) is 4.84. The molecule has 0 bridgehead atoms. The van der Waals surface area contributed by atoms with E-state index in [9.17, 15) is 0 Å². The average Bonchev–Trinajstić information content (AvgIpc) is 3.08. The molecule has 0 aliphatic rings. The van der Waals surface area contributed by atoms with Crippen molar-refractivity contribution in [1.29, 1.82) is 0 Å². The molecule has 2 aromatic heterocycles. The summed E-state index contributed by atoms with van der Waals surface area (Å²) in [4.78, 5) is 4.35. The smallest absolute Gasteiger partial charge is 0.280 e. The fraction of sp³-hybridized carbons (Fsp3) is 0.286. The average molecular weight is 284 g/mol. The summed E-state index contributed by atoms with van der Waals surface area (Å²) in [5, 5.41) is 11.9. The Morgan fingerprint density at radius 1 is 1.33 bits per heavy atom. The first kappa shape index (κ1) is 13.4. The van der Waals surface area contributed by atoms with Crippen molar-refractivity contribution in [1.82, 2.24) is 25.1 Å². The minimum absolute atomic E-state index is 0.376. The third kappa shape index (κ3) is 3.14. The number of aromatic nitrogens is 5. The van der Waals surface area contributed by atoms with Gasteiger partial charge >= 0.3 is 0 Å². The van der Waals surface area contributed by atoms with Crippen LogP contribution in [0.5, 0.6) is 0 Å². The Bertz CT molecular complexity index is 732. The molecule has 0 spiro atoms. The number of benzene rings is 1. The Morgan fingerprint density at radius 2 is 2.24 bits per heavy atom. The number of hydrogen-bond acceptors (Lipinski definition) is 6. The Labute approximate surface area is 121 Å². The molecule has 1 aromatic carbocycles. The molecule has 0 radical (unpaired) electrons. The minimum atomic E-state index is 0.376. The van der Waals surface area contributed by atoms with E-state index < -0.39 is 0 Å². The monoisotopic (exact) mass is 284 g/mol. The maximum Gasteiger partial charge on any atom is 0.280 e. The predicted octanol–water partition coefficient (Wildman–Crippen LogP) is 1.19. The highest BCUT2D eigenvalue weighted by Gasteiger charge is 2.13. The SMILES string of the molecule is Cc1cccc(Cc2noc(-c3cn(CCN)nn3)n2)c1. The highest BCUT2D eigenvalue weighted by Crippen LogP contribution is 2.15. The lowest BCUT2D eigenvalue weighted by Crippen LogP contribution is -2.10. The maximum absolute atomic E-state index is 5.47. The molecule has 0 saturated heterocycles. The summed E-state index contributed by atoms with van der Waals surface area (Å²) in [6.07, 6.45) is 2.37. The summed E-state index contributed by atoms with van der Waals surface area (Å²) in [5.74, 6) is 1.00. The lowest BCUT2D eigenvalue weighted by atomic mass is 10.1. The zero-order valence-electron chi connectivity index (χ0n) is 11.7. The summed E-state index contributed by atoms with van der Waals surface area (Å²) in [5.41, 5.74) is 8.39. The first-order chi connectivity index (χ1) is 10.2. The van der Waals surface area contributed by atoms with Crippen molar-refractivity contribution >= 4 is 0 Å². The van der Waals surface area contributed by atoms with E-state index in [2.05, 4.69) is 39.5 Å². The second-order valence-corrected chi connectivity index (χ2v) is 4.84. The molecule has 3 aromatic rings. The van der Waals surface area contributed by atoms with E-state index in [0.717, 1.165) is 5.56 Å². The van der Waals surface area contributed by atoms with Crippen molar-refractivity contribution in [3.63, 3.8) is 0 Å². The molecule has 0 aliphatic heterocycles. The van der Waals surface area contributed by atoms with Gasteiger partial charge in [0, 0.05) is 13.0 Å². The van der Waals surface area contributed by atoms with Gasteiger partial charge in [0.15, 0.2) is 11.5 Å². The molecule has 7 heteroatoms. The highest BCUT2D eigenvalue weighted by atomic mass is 16.5. The number of nitrogens with zero attached hydrogens (tertiary/aromatic N) is 5. The normalized spacial score (nSPS) is 11.0. The van der Waals surface area contributed by atoms with E-state index in [-0.39, 0.29) is 0 Å². The molecule has 0 aliphatic carbocycles. The molecule has 2 N–H and O–H groups in total. The Kier molecular flexibility index (Phi) is 3.74. The van der Waals surface area contributed by atoms with Gasteiger partial charge in [0.1, 0.15) is 0 Å². The van der Waals surface area contributed by atoms with E-state index in [1.54, 1.807) is 10.9 Å². The molecule has 108 valence electrons. The number of hydrogen-bond donors (Lipinski definition) is 1. The standard InChI is InChI=1S/C14H16N6O/c1-10-3-2-4-11(7-10)8-13-16-14(21-18-13)12-9-20(6-5-15)19-17-12/h2-4,7,9H,5-6,8,15H2,1H3. The molecule has 0 unspecified atom stereocenters. The van der Waals surface area contributed by atoms with Gasteiger partial charge in [-0.1, -0.05) is 40.2 Å². The molecular formula is C14H16N6O.